The Morgan fingerprint density at radius 1 is 1.36 bits per heavy atom. The summed E-state index contributed by atoms with van der Waals surface area (Å²) in [6.45, 7) is 0.621. The molecule has 2 aromatic rings. The molecule has 0 aromatic carbocycles. The summed E-state index contributed by atoms with van der Waals surface area (Å²) in [5, 5.41) is 14.3. The summed E-state index contributed by atoms with van der Waals surface area (Å²) in [6.07, 6.45) is 0.282. The molecule has 3 heterocycles. The fourth-order valence-corrected chi connectivity index (χ4v) is 3.83. The van der Waals surface area contributed by atoms with Gasteiger partial charge in [-0.05, 0) is 19.2 Å². The molecular formula is C19H28FN11O2. The van der Waals surface area contributed by atoms with E-state index in [4.69, 9.17) is 27.6 Å². The molecule has 10 N–H and O–H groups in total. The largest absolute Gasteiger partial charge is 0.480 e. The lowest BCUT2D eigenvalue weighted by Gasteiger charge is -2.17. The molecule has 1 aliphatic heterocycles. The Morgan fingerprint density at radius 2 is 2.09 bits per heavy atom. The van der Waals surface area contributed by atoms with Crippen molar-refractivity contribution in [1.82, 2.24) is 25.3 Å². The van der Waals surface area contributed by atoms with E-state index in [2.05, 4.69) is 26.3 Å². The van der Waals surface area contributed by atoms with Gasteiger partial charge in [0.25, 0.3) is 5.91 Å². The van der Waals surface area contributed by atoms with Gasteiger partial charge in [0.05, 0.1) is 18.8 Å². The number of carbonyl (C=O) groups excluding carboxylic acids is 1. The number of alkyl halides is 1. The summed E-state index contributed by atoms with van der Waals surface area (Å²) in [5.74, 6) is 10.4. The summed E-state index contributed by atoms with van der Waals surface area (Å²) in [6, 6.07) is 2.44. The van der Waals surface area contributed by atoms with Crippen LogP contribution in [0.4, 0.5) is 4.39 Å². The number of amidine groups is 2. The van der Waals surface area contributed by atoms with E-state index in [0.29, 0.717) is 29.1 Å². The number of pyridine rings is 1. The predicted molar refractivity (Wildman–Crippen MR) is 122 cm³/mol. The summed E-state index contributed by atoms with van der Waals surface area (Å²) >= 11 is 0. The zero-order valence-electron chi connectivity index (χ0n) is 18.5. The molecule has 2 atom stereocenters. The molecular weight excluding hydrogens is 433 g/mol. The highest BCUT2D eigenvalue weighted by Crippen LogP contribution is 2.30. The summed E-state index contributed by atoms with van der Waals surface area (Å²) in [4.78, 5) is 19.1. The number of rotatable bonds is 7. The third-order valence-corrected chi connectivity index (χ3v) is 5.33. The van der Waals surface area contributed by atoms with Crippen molar-refractivity contribution >= 4 is 17.6 Å². The molecule has 3 rings (SSSR count). The first-order valence-electron chi connectivity index (χ1n) is 9.96. The van der Waals surface area contributed by atoms with Crippen LogP contribution in [0.1, 0.15) is 21.6 Å². The maximum atomic E-state index is 14.2. The monoisotopic (exact) mass is 461 g/mol. The Bertz CT molecular complexity index is 1080. The van der Waals surface area contributed by atoms with Crippen LogP contribution in [0.5, 0.6) is 5.88 Å². The van der Waals surface area contributed by atoms with Crippen molar-refractivity contribution in [3.05, 3.63) is 35.2 Å². The SMILES string of the molecule is CNn1c(C(=N)N)cc(/C(=N/N)NN)c1-c1cnc(OC)c(C(=O)NC2CN(C)CC2F)c1. The van der Waals surface area contributed by atoms with Crippen LogP contribution in [0.3, 0.4) is 0 Å². The molecule has 1 aliphatic rings. The number of carbonyl (C=O) groups is 1. The minimum atomic E-state index is -1.19. The highest BCUT2D eigenvalue weighted by atomic mass is 19.1. The predicted octanol–water partition coefficient (Wildman–Crippen LogP) is -1.52. The van der Waals surface area contributed by atoms with Crippen molar-refractivity contribution in [2.24, 2.45) is 22.5 Å². The lowest BCUT2D eigenvalue weighted by atomic mass is 10.1. The minimum absolute atomic E-state index is 0.0681. The Labute approximate surface area is 189 Å². The molecule has 0 aliphatic carbocycles. The molecule has 178 valence electrons. The van der Waals surface area contributed by atoms with Crippen LogP contribution in [0.2, 0.25) is 0 Å². The van der Waals surface area contributed by atoms with E-state index in [0.717, 1.165) is 0 Å². The van der Waals surface area contributed by atoms with Crippen LogP contribution in [0, 0.1) is 5.41 Å². The average molecular weight is 462 g/mol. The van der Waals surface area contributed by atoms with Gasteiger partial charge >= 0.3 is 0 Å². The second-order valence-corrected chi connectivity index (χ2v) is 7.48. The Hall–Kier alpha value is -3.91. The molecule has 14 heteroatoms. The van der Waals surface area contributed by atoms with Gasteiger partial charge in [-0.2, -0.15) is 5.10 Å². The zero-order chi connectivity index (χ0) is 24.3. The van der Waals surface area contributed by atoms with E-state index in [1.165, 1.54) is 24.0 Å². The Morgan fingerprint density at radius 3 is 2.61 bits per heavy atom. The third-order valence-electron chi connectivity index (χ3n) is 5.33. The van der Waals surface area contributed by atoms with Gasteiger partial charge in [-0.25, -0.2) is 15.2 Å². The van der Waals surface area contributed by atoms with Crippen LogP contribution in [0.15, 0.2) is 23.4 Å². The van der Waals surface area contributed by atoms with Gasteiger partial charge in [0.2, 0.25) is 5.88 Å². The number of hydrogen-bond acceptors (Lipinski definition) is 9. The summed E-state index contributed by atoms with van der Waals surface area (Å²) in [7, 11) is 4.79. The van der Waals surface area contributed by atoms with E-state index < -0.39 is 18.1 Å². The molecule has 13 nitrogen and oxygen atoms in total. The van der Waals surface area contributed by atoms with E-state index in [1.807, 2.05) is 0 Å². The Kier molecular flexibility index (Phi) is 6.98. The number of amides is 1. The van der Waals surface area contributed by atoms with Crippen molar-refractivity contribution in [2.75, 3.05) is 39.7 Å². The second kappa shape index (κ2) is 9.70. The number of nitrogens with zero attached hydrogens (tertiary/aromatic N) is 4. The van der Waals surface area contributed by atoms with Gasteiger partial charge in [-0.15, -0.1) is 0 Å². The van der Waals surface area contributed by atoms with Gasteiger partial charge in [-0.1, -0.05) is 0 Å². The van der Waals surface area contributed by atoms with Crippen molar-refractivity contribution in [2.45, 2.75) is 12.2 Å². The molecule has 0 saturated carbocycles. The second-order valence-electron chi connectivity index (χ2n) is 7.48. The number of hydrogen-bond donors (Lipinski definition) is 7. The number of hydrazine groups is 1. The maximum Gasteiger partial charge on any atom is 0.257 e. The standard InChI is InChI=1S/C19H28FN11O2/c1-25-31-14(16(21)22)5-10(17(28-23)29-24)15(31)9-4-11(19(33-3)26-6-9)18(32)27-13-8-30(2)7-12(13)20/h4-6,12-13,25H,7-8,23-24H2,1-3H3,(H3,21,22)(H,27,32)(H,28,29). The van der Waals surface area contributed by atoms with E-state index in [9.17, 15) is 9.18 Å². The van der Waals surface area contributed by atoms with Crippen molar-refractivity contribution in [3.63, 3.8) is 0 Å². The maximum absolute atomic E-state index is 14.2. The number of hydrazone groups is 1. The minimum Gasteiger partial charge on any atom is -0.480 e. The average Bonchev–Trinajstić information content (AvgIpc) is 3.33. The molecule has 1 saturated heterocycles. The topological polar surface area (TPSA) is 198 Å². The quantitative estimate of drug-likeness (QED) is 0.111. The van der Waals surface area contributed by atoms with Crippen LogP contribution in [-0.4, -0.2) is 78.6 Å². The van der Waals surface area contributed by atoms with Crippen LogP contribution in [-0.2, 0) is 0 Å². The summed E-state index contributed by atoms with van der Waals surface area (Å²) < 4.78 is 21.0. The van der Waals surface area contributed by atoms with Crippen molar-refractivity contribution in [3.8, 4) is 17.1 Å². The number of likely N-dealkylation sites (N-methyl/N-ethyl adjacent to an activating group) is 1. The molecule has 0 bridgehead atoms. The molecule has 33 heavy (non-hydrogen) atoms. The zero-order valence-corrected chi connectivity index (χ0v) is 18.5. The first kappa shape index (κ1) is 23.7. The number of aromatic nitrogens is 2. The fraction of sp³-hybridized carbons (Fsp3) is 0.368. The lowest BCUT2D eigenvalue weighted by molar-refractivity contribution is 0.0919. The number of halogens is 1. The third kappa shape index (κ3) is 4.51. The van der Waals surface area contributed by atoms with Gasteiger partial charge in [-0.3, -0.25) is 14.9 Å². The molecule has 2 aromatic heterocycles. The number of nitrogens with two attached hydrogens (primary N) is 3. The van der Waals surface area contributed by atoms with Gasteiger partial charge < -0.3 is 37.4 Å². The first-order chi connectivity index (χ1) is 15.7. The van der Waals surface area contributed by atoms with Crippen LogP contribution < -0.4 is 38.3 Å². The number of nitrogen functional groups attached to an aromatic ring is 1. The highest BCUT2D eigenvalue weighted by molar-refractivity contribution is 6.07. The Balaban J connectivity index is 2.12. The normalized spacial score (nSPS) is 18.8. The molecule has 1 fully saturated rings. The number of methoxy groups -OCH3 is 1. The van der Waals surface area contributed by atoms with E-state index >= 15 is 0 Å². The van der Waals surface area contributed by atoms with Crippen LogP contribution in [0.25, 0.3) is 11.3 Å². The number of ether oxygens (including phenoxy) is 1. The lowest BCUT2D eigenvalue weighted by Crippen LogP contribution is -2.41. The number of likely N-dealkylation sites (tertiary alicyclic amines) is 1. The van der Waals surface area contributed by atoms with Crippen molar-refractivity contribution < 1.29 is 13.9 Å². The van der Waals surface area contributed by atoms with E-state index in [1.54, 1.807) is 25.1 Å². The first-order valence-corrected chi connectivity index (χ1v) is 9.96. The highest BCUT2D eigenvalue weighted by Gasteiger charge is 2.33. The summed E-state index contributed by atoms with van der Waals surface area (Å²) in [5.41, 5.74) is 12.7. The van der Waals surface area contributed by atoms with Gasteiger partial charge in [0.1, 0.15) is 23.3 Å². The number of nitrogens with one attached hydrogen (secondary N) is 4. The fourth-order valence-electron chi connectivity index (χ4n) is 3.83. The van der Waals surface area contributed by atoms with Crippen molar-refractivity contribution in [1.29, 1.82) is 5.41 Å². The molecule has 0 spiro atoms. The molecule has 0 radical (unpaired) electrons. The van der Waals surface area contributed by atoms with E-state index in [-0.39, 0.29) is 29.7 Å². The molecule has 2 unspecified atom stereocenters. The smallest absolute Gasteiger partial charge is 0.257 e. The van der Waals surface area contributed by atoms with Gasteiger partial charge in [0.15, 0.2) is 5.84 Å². The van der Waals surface area contributed by atoms with Gasteiger partial charge in [0, 0.05) is 37.5 Å². The van der Waals surface area contributed by atoms with Crippen LogP contribution >= 0.6 is 0 Å². The molecule has 1 amide bonds.